The van der Waals surface area contributed by atoms with Gasteiger partial charge < -0.3 is 14.2 Å². The van der Waals surface area contributed by atoms with E-state index in [1.165, 1.54) is 34.7 Å². The van der Waals surface area contributed by atoms with Gasteiger partial charge in [0.15, 0.2) is 0 Å². The summed E-state index contributed by atoms with van der Waals surface area (Å²) in [6.45, 7) is 2.45. The van der Waals surface area contributed by atoms with E-state index in [0.717, 1.165) is 27.8 Å². The lowest BCUT2D eigenvalue weighted by Crippen LogP contribution is -2.36. The maximum atomic E-state index is 14.0. The molecule has 238 valence electrons. The largest absolute Gasteiger partial charge is 0.443 e. The highest BCUT2D eigenvalue weighted by molar-refractivity contribution is 6.00. The van der Waals surface area contributed by atoms with Crippen LogP contribution < -0.4 is 10.9 Å². The van der Waals surface area contributed by atoms with Gasteiger partial charge in [-0.05, 0) is 55.5 Å². The lowest BCUT2D eigenvalue weighted by molar-refractivity contribution is -0.870. The second-order valence-electron chi connectivity index (χ2n) is 11.8. The minimum atomic E-state index is -4.65. The van der Waals surface area contributed by atoms with Crippen molar-refractivity contribution >= 4 is 5.91 Å². The molecule has 0 fully saturated rings. The quantitative estimate of drug-likeness (QED) is 0.236. The second-order valence-corrected chi connectivity index (χ2v) is 11.8. The summed E-state index contributed by atoms with van der Waals surface area (Å²) in [7, 11) is 7.63. The van der Waals surface area contributed by atoms with Gasteiger partial charge in [-0.3, -0.25) is 14.3 Å². The number of quaternary nitrogens is 1. The van der Waals surface area contributed by atoms with Crippen molar-refractivity contribution in [1.82, 2.24) is 29.4 Å². The molecule has 0 bridgehead atoms. The molecule has 5 rings (SSSR count). The molecule has 3 aromatic heterocycles. The minimum absolute atomic E-state index is 0.0882. The first-order valence-corrected chi connectivity index (χ1v) is 14.3. The summed E-state index contributed by atoms with van der Waals surface area (Å²) in [5.41, 5.74) is -0.844. The summed E-state index contributed by atoms with van der Waals surface area (Å²) in [6, 6.07) is 13.7. The number of nitrogens with one attached hydrogen (secondary N) is 1. The van der Waals surface area contributed by atoms with E-state index in [2.05, 4.69) is 36.5 Å². The number of alkyl halides is 3. The van der Waals surface area contributed by atoms with Crippen molar-refractivity contribution in [2.75, 3.05) is 27.7 Å². The van der Waals surface area contributed by atoms with Crippen LogP contribution in [0, 0.1) is 11.3 Å². The SMILES string of the molecule is C[C@H](NC(=O)c1c(-c2ccnn2-c2ccc(C#N)cc2)n(C)n(-c2cccc(C(F)(F)F)c2)c1=O)c1ncc(CC[N+](C)(C)C)o1. The number of benzene rings is 2. The van der Waals surface area contributed by atoms with Crippen LogP contribution in [0.15, 0.2) is 76.2 Å². The number of carbonyl (C=O) groups is 1. The summed E-state index contributed by atoms with van der Waals surface area (Å²) >= 11 is 0. The number of nitriles is 1. The van der Waals surface area contributed by atoms with E-state index in [4.69, 9.17) is 4.42 Å². The fraction of sp³-hybridized carbons (Fsp3) is 0.281. The molecule has 0 aliphatic carbocycles. The second kappa shape index (κ2) is 12.2. The Morgan fingerprint density at radius 3 is 2.48 bits per heavy atom. The van der Waals surface area contributed by atoms with E-state index in [1.807, 2.05) is 6.07 Å². The van der Waals surface area contributed by atoms with Gasteiger partial charge in [-0.25, -0.2) is 14.3 Å². The smallest absolute Gasteiger partial charge is 0.416 e. The number of likely N-dealkylation sites (N-methyl/N-ethyl adjacent to an activating group) is 1. The Labute approximate surface area is 262 Å². The number of nitrogens with zero attached hydrogens (tertiary/aromatic N) is 7. The Hall–Kier alpha value is -5.42. The number of hydrogen-bond acceptors (Lipinski definition) is 6. The molecule has 2 aromatic carbocycles. The number of rotatable bonds is 9. The first-order chi connectivity index (χ1) is 21.7. The lowest BCUT2D eigenvalue weighted by atomic mass is 10.1. The zero-order chi connectivity index (χ0) is 33.4. The molecule has 0 unspecified atom stereocenters. The minimum Gasteiger partial charge on any atom is -0.443 e. The average Bonchev–Trinajstić information content (AvgIpc) is 3.73. The molecule has 1 amide bonds. The van der Waals surface area contributed by atoms with E-state index >= 15 is 0 Å². The van der Waals surface area contributed by atoms with Gasteiger partial charge in [-0.2, -0.15) is 23.5 Å². The van der Waals surface area contributed by atoms with Crippen LogP contribution in [0.2, 0.25) is 0 Å². The van der Waals surface area contributed by atoms with Gasteiger partial charge in [0.25, 0.3) is 11.5 Å². The van der Waals surface area contributed by atoms with Crippen LogP contribution in [-0.4, -0.2) is 62.2 Å². The number of carbonyl (C=O) groups excluding carboxylic acids is 1. The van der Waals surface area contributed by atoms with E-state index in [-0.39, 0.29) is 22.8 Å². The molecule has 1 N–H and O–H groups in total. The van der Waals surface area contributed by atoms with Gasteiger partial charge >= 0.3 is 6.18 Å². The fourth-order valence-corrected chi connectivity index (χ4v) is 4.99. The normalized spacial score (nSPS) is 12.6. The molecule has 46 heavy (non-hydrogen) atoms. The van der Waals surface area contributed by atoms with Crippen molar-refractivity contribution < 1.29 is 26.9 Å². The topological polar surface area (TPSA) is 124 Å². The van der Waals surface area contributed by atoms with Crippen molar-refractivity contribution in [3.8, 4) is 28.8 Å². The highest BCUT2D eigenvalue weighted by Crippen LogP contribution is 2.31. The predicted octanol–water partition coefficient (Wildman–Crippen LogP) is 4.65. The molecule has 0 radical (unpaired) electrons. The molecular weight excluding hydrogens is 601 g/mol. The summed E-state index contributed by atoms with van der Waals surface area (Å²) in [5.74, 6) is 0.0957. The van der Waals surface area contributed by atoms with Crippen molar-refractivity contribution in [2.24, 2.45) is 7.05 Å². The van der Waals surface area contributed by atoms with Crippen LogP contribution in [0.4, 0.5) is 13.2 Å². The molecular formula is C32H32F3N8O3+. The summed E-state index contributed by atoms with van der Waals surface area (Å²) in [6.07, 6.45) is -0.966. The van der Waals surface area contributed by atoms with E-state index in [9.17, 15) is 28.0 Å². The van der Waals surface area contributed by atoms with Gasteiger partial charge in [0.2, 0.25) is 5.89 Å². The summed E-state index contributed by atoms with van der Waals surface area (Å²) < 4.78 is 51.3. The van der Waals surface area contributed by atoms with Gasteiger partial charge in [0.1, 0.15) is 23.1 Å². The van der Waals surface area contributed by atoms with Gasteiger partial charge in [-0.1, -0.05) is 6.07 Å². The predicted molar refractivity (Wildman–Crippen MR) is 162 cm³/mol. The van der Waals surface area contributed by atoms with Crippen molar-refractivity contribution in [2.45, 2.75) is 25.6 Å². The first-order valence-electron chi connectivity index (χ1n) is 14.3. The Bertz CT molecular complexity index is 1990. The Morgan fingerprint density at radius 1 is 1.11 bits per heavy atom. The molecule has 11 nitrogen and oxygen atoms in total. The molecule has 1 atom stereocenters. The highest BCUT2D eigenvalue weighted by Gasteiger charge is 2.33. The Balaban J connectivity index is 1.60. The lowest BCUT2D eigenvalue weighted by Gasteiger charge is -2.22. The van der Waals surface area contributed by atoms with Crippen molar-refractivity contribution in [1.29, 1.82) is 5.26 Å². The van der Waals surface area contributed by atoms with E-state index < -0.39 is 29.2 Å². The number of amides is 1. The molecule has 14 heteroatoms. The van der Waals surface area contributed by atoms with Crippen molar-refractivity contribution in [3.63, 3.8) is 0 Å². The maximum absolute atomic E-state index is 14.0. The third-order valence-electron chi connectivity index (χ3n) is 7.36. The number of halogens is 3. The van der Waals surface area contributed by atoms with Crippen molar-refractivity contribution in [3.05, 3.63) is 106 Å². The molecule has 0 spiro atoms. The van der Waals surface area contributed by atoms with Gasteiger partial charge in [0.05, 0.1) is 80.8 Å². The summed E-state index contributed by atoms with van der Waals surface area (Å²) in [4.78, 5) is 32.3. The number of aromatic nitrogens is 5. The third kappa shape index (κ3) is 6.50. The molecule has 0 aliphatic heterocycles. The van der Waals surface area contributed by atoms with Crippen LogP contribution in [-0.2, 0) is 19.6 Å². The molecule has 0 saturated heterocycles. The van der Waals surface area contributed by atoms with Crippen LogP contribution in [0.3, 0.4) is 0 Å². The number of oxazole rings is 1. The van der Waals surface area contributed by atoms with Crippen LogP contribution in [0.1, 0.15) is 46.1 Å². The molecule has 3 heterocycles. The maximum Gasteiger partial charge on any atom is 0.416 e. The average molecular weight is 634 g/mol. The highest BCUT2D eigenvalue weighted by atomic mass is 19.4. The Kier molecular flexibility index (Phi) is 8.46. The molecule has 0 aliphatic rings. The third-order valence-corrected chi connectivity index (χ3v) is 7.36. The Morgan fingerprint density at radius 2 is 1.83 bits per heavy atom. The van der Waals surface area contributed by atoms with E-state index in [0.29, 0.717) is 29.1 Å². The standard InChI is InChI=1S/C32H31F3N8O3/c1-20(30-37-19-25(46-30)14-16-43(3,4)5)39-29(44)27-28(26-13-15-38-41(26)23-11-9-21(18-36)10-12-23)40(2)42(31(27)45)24-8-6-7-22(17-24)32(33,34)35/h6-13,15,17,19-20H,14,16H2,1-5H3/p+1/t20-/m0/s1. The zero-order valence-corrected chi connectivity index (χ0v) is 25.8. The van der Waals surface area contributed by atoms with Gasteiger partial charge in [0, 0.05) is 7.05 Å². The first kappa shape index (κ1) is 32.0. The van der Waals surface area contributed by atoms with E-state index in [1.54, 1.807) is 43.5 Å². The molecule has 5 aromatic rings. The van der Waals surface area contributed by atoms with Gasteiger partial charge in [-0.15, -0.1) is 0 Å². The zero-order valence-electron chi connectivity index (χ0n) is 25.8. The van der Waals surface area contributed by atoms with Crippen LogP contribution in [0.25, 0.3) is 22.8 Å². The molecule has 0 saturated carbocycles. The van der Waals surface area contributed by atoms with Crippen LogP contribution >= 0.6 is 0 Å². The fourth-order valence-electron chi connectivity index (χ4n) is 4.99. The number of hydrogen-bond donors (Lipinski definition) is 1. The summed E-state index contributed by atoms with van der Waals surface area (Å²) in [5, 5.41) is 16.3. The van der Waals surface area contributed by atoms with Crippen LogP contribution in [0.5, 0.6) is 0 Å². The monoisotopic (exact) mass is 633 g/mol.